The van der Waals surface area contributed by atoms with Crippen LogP contribution in [0.5, 0.6) is 0 Å². The third-order valence-corrected chi connectivity index (χ3v) is 3.00. The Hall–Kier alpha value is -0.540. The molecular weight excluding hydrogens is 257 g/mol. The van der Waals surface area contributed by atoms with Gasteiger partial charge in [-0.1, -0.05) is 50.6 Å². The fourth-order valence-corrected chi connectivity index (χ4v) is 1.87. The summed E-state index contributed by atoms with van der Waals surface area (Å²) in [7, 11) is 0. The third-order valence-electron chi connectivity index (χ3n) is 2.54. The summed E-state index contributed by atoms with van der Waals surface area (Å²) >= 11 is 11.6. The molecular formula is C12H19Cl2N3. The Balaban J connectivity index is 2.15. The molecule has 96 valence electrons. The predicted molar refractivity (Wildman–Crippen MR) is 73.9 cm³/mol. The number of unbranched alkanes of at least 4 members (excludes halogenated alkanes) is 5. The van der Waals surface area contributed by atoms with Crippen LogP contribution in [0.1, 0.15) is 45.4 Å². The maximum atomic E-state index is 5.93. The normalized spacial score (nSPS) is 10.5. The zero-order chi connectivity index (χ0) is 12.5. The second-order valence-electron chi connectivity index (χ2n) is 4.03. The van der Waals surface area contributed by atoms with Crippen molar-refractivity contribution in [2.24, 2.45) is 0 Å². The van der Waals surface area contributed by atoms with Gasteiger partial charge in [0.25, 0.3) is 0 Å². The van der Waals surface area contributed by atoms with E-state index >= 15 is 0 Å². The lowest BCUT2D eigenvalue weighted by molar-refractivity contribution is 0.617. The molecule has 1 N–H and O–H groups in total. The molecule has 1 heterocycles. The monoisotopic (exact) mass is 275 g/mol. The smallest absolute Gasteiger partial charge is 0.224 e. The van der Waals surface area contributed by atoms with Gasteiger partial charge in [0.2, 0.25) is 5.28 Å². The van der Waals surface area contributed by atoms with Crippen LogP contribution in [0.15, 0.2) is 6.20 Å². The summed E-state index contributed by atoms with van der Waals surface area (Å²) in [5.74, 6) is 0.625. The van der Waals surface area contributed by atoms with Crippen LogP contribution in [-0.4, -0.2) is 16.5 Å². The molecule has 0 atom stereocenters. The maximum absolute atomic E-state index is 5.93. The van der Waals surface area contributed by atoms with Gasteiger partial charge in [-0.15, -0.1) is 0 Å². The summed E-state index contributed by atoms with van der Waals surface area (Å²) in [5.41, 5.74) is 0. The number of rotatable bonds is 8. The van der Waals surface area contributed by atoms with Crippen molar-refractivity contribution in [3.8, 4) is 0 Å². The van der Waals surface area contributed by atoms with Gasteiger partial charge in [0.05, 0.1) is 6.20 Å². The summed E-state index contributed by atoms with van der Waals surface area (Å²) in [4.78, 5) is 7.83. The van der Waals surface area contributed by atoms with Crippen molar-refractivity contribution in [2.75, 3.05) is 11.9 Å². The average molecular weight is 276 g/mol. The zero-order valence-corrected chi connectivity index (χ0v) is 11.7. The van der Waals surface area contributed by atoms with E-state index in [1.165, 1.54) is 38.3 Å². The van der Waals surface area contributed by atoms with Crippen LogP contribution in [0.25, 0.3) is 0 Å². The van der Waals surface area contributed by atoms with Crippen LogP contribution in [0, 0.1) is 0 Å². The fourth-order valence-electron chi connectivity index (χ4n) is 1.58. The molecule has 1 aromatic rings. The second-order valence-corrected chi connectivity index (χ2v) is 4.78. The Bertz CT molecular complexity index is 332. The highest BCUT2D eigenvalue weighted by Crippen LogP contribution is 2.19. The first-order valence-electron chi connectivity index (χ1n) is 6.16. The van der Waals surface area contributed by atoms with Crippen LogP contribution in [0.3, 0.4) is 0 Å². The van der Waals surface area contributed by atoms with Gasteiger partial charge >= 0.3 is 0 Å². The van der Waals surface area contributed by atoms with Crippen molar-refractivity contribution in [2.45, 2.75) is 45.4 Å². The molecule has 1 rings (SSSR count). The number of nitrogens with one attached hydrogen (secondary N) is 1. The van der Waals surface area contributed by atoms with Crippen LogP contribution in [0.4, 0.5) is 5.82 Å². The van der Waals surface area contributed by atoms with Gasteiger partial charge in [-0.05, 0) is 18.0 Å². The number of anilines is 1. The minimum absolute atomic E-state index is 0.222. The number of hydrogen-bond donors (Lipinski definition) is 1. The number of nitrogens with zero attached hydrogens (tertiary/aromatic N) is 2. The average Bonchev–Trinajstić information content (AvgIpc) is 2.32. The third kappa shape index (κ3) is 6.08. The van der Waals surface area contributed by atoms with E-state index in [0.717, 1.165) is 13.0 Å². The van der Waals surface area contributed by atoms with Crippen molar-refractivity contribution in [3.05, 3.63) is 16.5 Å². The first kappa shape index (κ1) is 14.5. The molecule has 0 aliphatic heterocycles. The van der Waals surface area contributed by atoms with Crippen molar-refractivity contribution < 1.29 is 0 Å². The molecule has 0 bridgehead atoms. The summed E-state index contributed by atoms with van der Waals surface area (Å²) in [6.07, 6.45) is 9.13. The lowest BCUT2D eigenvalue weighted by atomic mass is 10.1. The van der Waals surface area contributed by atoms with E-state index in [-0.39, 0.29) is 5.28 Å². The van der Waals surface area contributed by atoms with Gasteiger partial charge in [0.1, 0.15) is 10.8 Å². The van der Waals surface area contributed by atoms with Gasteiger partial charge in [0.15, 0.2) is 0 Å². The molecule has 1 aromatic heterocycles. The molecule has 0 amide bonds. The van der Waals surface area contributed by atoms with Crippen LogP contribution in [0.2, 0.25) is 10.3 Å². The van der Waals surface area contributed by atoms with Crippen molar-refractivity contribution >= 4 is 29.0 Å². The highest BCUT2D eigenvalue weighted by molar-refractivity contribution is 6.33. The molecule has 0 saturated carbocycles. The van der Waals surface area contributed by atoms with E-state index in [1.54, 1.807) is 0 Å². The standard InChI is InChI=1S/C12H19Cl2N3/c1-2-3-4-5-6-7-8-15-11-10(13)9-16-12(14)17-11/h9H,2-8H2,1H3,(H,15,16,17). The first-order valence-corrected chi connectivity index (χ1v) is 6.91. The largest absolute Gasteiger partial charge is 0.369 e. The van der Waals surface area contributed by atoms with E-state index < -0.39 is 0 Å². The topological polar surface area (TPSA) is 37.8 Å². The van der Waals surface area contributed by atoms with Crippen LogP contribution in [-0.2, 0) is 0 Å². The van der Waals surface area contributed by atoms with Crippen molar-refractivity contribution in [1.29, 1.82) is 0 Å². The summed E-state index contributed by atoms with van der Waals surface area (Å²) in [6.45, 7) is 3.10. The highest BCUT2D eigenvalue weighted by atomic mass is 35.5. The number of aromatic nitrogens is 2. The molecule has 0 aliphatic rings. The Kier molecular flexibility index (Phi) is 7.29. The molecule has 0 unspecified atom stereocenters. The lowest BCUT2D eigenvalue weighted by Crippen LogP contribution is -2.04. The van der Waals surface area contributed by atoms with Crippen molar-refractivity contribution in [3.63, 3.8) is 0 Å². The van der Waals surface area contributed by atoms with E-state index in [2.05, 4.69) is 22.2 Å². The highest BCUT2D eigenvalue weighted by Gasteiger charge is 2.02. The zero-order valence-electron chi connectivity index (χ0n) is 10.2. The van der Waals surface area contributed by atoms with E-state index in [0.29, 0.717) is 10.8 Å². The van der Waals surface area contributed by atoms with Gasteiger partial charge in [-0.2, -0.15) is 4.98 Å². The maximum Gasteiger partial charge on any atom is 0.224 e. The number of halogens is 2. The summed E-state index contributed by atoms with van der Waals surface area (Å²) in [6, 6.07) is 0. The molecule has 0 fully saturated rings. The molecule has 0 radical (unpaired) electrons. The van der Waals surface area contributed by atoms with Gasteiger partial charge in [-0.3, -0.25) is 0 Å². The van der Waals surface area contributed by atoms with Gasteiger partial charge in [0, 0.05) is 6.54 Å². The lowest BCUT2D eigenvalue weighted by Gasteiger charge is -2.06. The van der Waals surface area contributed by atoms with Gasteiger partial charge < -0.3 is 5.32 Å². The minimum Gasteiger partial charge on any atom is -0.369 e. The Labute approximate surface area is 113 Å². The Morgan fingerprint density at radius 1 is 1.12 bits per heavy atom. The molecule has 0 saturated heterocycles. The fraction of sp³-hybridized carbons (Fsp3) is 0.667. The predicted octanol–water partition coefficient (Wildman–Crippen LogP) is 4.56. The summed E-state index contributed by atoms with van der Waals surface area (Å²) < 4.78 is 0. The van der Waals surface area contributed by atoms with E-state index in [1.807, 2.05) is 0 Å². The SMILES string of the molecule is CCCCCCCCNc1nc(Cl)ncc1Cl. The molecule has 3 nitrogen and oxygen atoms in total. The molecule has 17 heavy (non-hydrogen) atoms. The summed E-state index contributed by atoms with van der Waals surface area (Å²) in [5, 5.41) is 3.91. The van der Waals surface area contributed by atoms with Crippen molar-refractivity contribution in [1.82, 2.24) is 9.97 Å². The van der Waals surface area contributed by atoms with E-state index in [9.17, 15) is 0 Å². The first-order chi connectivity index (χ1) is 8.24. The van der Waals surface area contributed by atoms with Gasteiger partial charge in [-0.25, -0.2) is 4.98 Å². The minimum atomic E-state index is 0.222. The molecule has 5 heteroatoms. The molecule has 0 aliphatic carbocycles. The second kappa shape index (κ2) is 8.54. The van der Waals surface area contributed by atoms with Crippen LogP contribution >= 0.6 is 23.2 Å². The Morgan fingerprint density at radius 3 is 2.59 bits per heavy atom. The molecule has 0 aromatic carbocycles. The molecule has 0 spiro atoms. The Morgan fingerprint density at radius 2 is 1.82 bits per heavy atom. The van der Waals surface area contributed by atoms with E-state index in [4.69, 9.17) is 23.2 Å². The number of hydrogen-bond acceptors (Lipinski definition) is 3. The van der Waals surface area contributed by atoms with Crippen LogP contribution < -0.4 is 5.32 Å². The quantitative estimate of drug-likeness (QED) is 0.559.